The van der Waals surface area contributed by atoms with Gasteiger partial charge in [0, 0.05) is 27.9 Å². The normalized spacial score (nSPS) is 10.8. The Hall–Kier alpha value is -1.54. The second-order valence-electron chi connectivity index (χ2n) is 4.87. The van der Waals surface area contributed by atoms with Gasteiger partial charge in [0.2, 0.25) is 5.91 Å². The Morgan fingerprint density at radius 2 is 2.23 bits per heavy atom. The molecule has 112 valence electrons. The summed E-state index contributed by atoms with van der Waals surface area (Å²) in [5.74, 6) is 0.0176. The first kappa shape index (κ1) is 15.4. The smallest absolute Gasteiger partial charge is 0.226 e. The minimum Gasteiger partial charge on any atom is -0.302 e. The number of amides is 1. The molecule has 0 saturated heterocycles. The fraction of sp³-hybridized carbons (Fsp3) is 0.188. The van der Waals surface area contributed by atoms with Crippen molar-refractivity contribution >= 4 is 55.2 Å². The van der Waals surface area contributed by atoms with E-state index in [1.807, 2.05) is 31.3 Å². The van der Waals surface area contributed by atoms with E-state index in [2.05, 4.69) is 43.9 Å². The Balaban J connectivity index is 1.98. The molecule has 22 heavy (non-hydrogen) atoms. The minimum absolute atomic E-state index is 0.0176. The summed E-state index contributed by atoms with van der Waals surface area (Å²) >= 11 is 3.83. The van der Waals surface area contributed by atoms with E-state index in [0.29, 0.717) is 11.6 Å². The summed E-state index contributed by atoms with van der Waals surface area (Å²) in [7, 11) is 0. The number of carbonyl (C=O) groups excluding carboxylic acids is 1. The van der Waals surface area contributed by atoms with Gasteiger partial charge in [-0.05, 0) is 52.8 Å². The molecule has 0 saturated carbocycles. The summed E-state index contributed by atoms with van der Waals surface area (Å²) < 4.78 is 2.22. The fourth-order valence-electron chi connectivity index (χ4n) is 2.15. The van der Waals surface area contributed by atoms with Crippen molar-refractivity contribution in [3.8, 4) is 11.1 Å². The fourth-order valence-corrected chi connectivity index (χ4v) is 3.96. The van der Waals surface area contributed by atoms with Crippen LogP contribution in [0.4, 0.5) is 5.13 Å². The maximum atomic E-state index is 11.7. The molecule has 0 fully saturated rings. The first-order chi connectivity index (χ1) is 10.7. The molecule has 0 aliphatic carbocycles. The van der Waals surface area contributed by atoms with Gasteiger partial charge in [-0.3, -0.25) is 9.78 Å². The lowest BCUT2D eigenvalue weighted by Crippen LogP contribution is -2.09. The van der Waals surface area contributed by atoms with Crippen LogP contribution in [0.15, 0.2) is 36.7 Å². The second kappa shape index (κ2) is 6.70. The van der Waals surface area contributed by atoms with E-state index in [9.17, 15) is 4.79 Å². The number of carbonyl (C=O) groups is 1. The highest BCUT2D eigenvalue weighted by Gasteiger charge is 2.11. The van der Waals surface area contributed by atoms with Gasteiger partial charge in [-0.25, -0.2) is 4.98 Å². The number of fused-ring (bicyclic) bond motifs is 1. The molecule has 0 aliphatic rings. The topological polar surface area (TPSA) is 54.9 Å². The van der Waals surface area contributed by atoms with Crippen LogP contribution in [0, 0.1) is 3.57 Å². The number of benzene rings is 1. The Morgan fingerprint density at radius 3 is 2.95 bits per heavy atom. The van der Waals surface area contributed by atoms with Crippen LogP contribution in [-0.2, 0) is 4.79 Å². The van der Waals surface area contributed by atoms with Crippen LogP contribution in [0.3, 0.4) is 0 Å². The average Bonchev–Trinajstić information content (AvgIpc) is 2.91. The highest BCUT2D eigenvalue weighted by Crippen LogP contribution is 2.34. The van der Waals surface area contributed by atoms with Gasteiger partial charge in [-0.15, -0.1) is 0 Å². The van der Waals surface area contributed by atoms with Crippen LogP contribution in [0.1, 0.15) is 19.8 Å². The van der Waals surface area contributed by atoms with E-state index in [0.717, 1.165) is 31.3 Å². The molecular formula is C16H14IN3OS. The van der Waals surface area contributed by atoms with Crippen molar-refractivity contribution < 1.29 is 4.79 Å². The van der Waals surface area contributed by atoms with Gasteiger partial charge in [-0.2, -0.15) is 0 Å². The van der Waals surface area contributed by atoms with Crippen LogP contribution in [0.5, 0.6) is 0 Å². The number of hydrogen-bond donors (Lipinski definition) is 1. The zero-order valence-corrected chi connectivity index (χ0v) is 14.9. The maximum absolute atomic E-state index is 11.7. The summed E-state index contributed by atoms with van der Waals surface area (Å²) in [6.07, 6.45) is 4.96. The molecule has 2 heterocycles. The molecule has 0 spiro atoms. The maximum Gasteiger partial charge on any atom is 0.226 e. The lowest BCUT2D eigenvalue weighted by molar-refractivity contribution is -0.116. The lowest BCUT2D eigenvalue weighted by atomic mass is 10.1. The molecule has 0 radical (unpaired) electrons. The average molecular weight is 423 g/mol. The number of halogens is 1. The summed E-state index contributed by atoms with van der Waals surface area (Å²) in [6.45, 7) is 1.99. The van der Waals surface area contributed by atoms with Crippen molar-refractivity contribution in [2.45, 2.75) is 19.8 Å². The van der Waals surface area contributed by atoms with Gasteiger partial charge in [0.25, 0.3) is 0 Å². The Labute approximate surface area is 146 Å². The molecular weight excluding hydrogens is 409 g/mol. The monoisotopic (exact) mass is 423 g/mol. The first-order valence-electron chi connectivity index (χ1n) is 6.97. The largest absolute Gasteiger partial charge is 0.302 e. The highest BCUT2D eigenvalue weighted by molar-refractivity contribution is 14.1. The zero-order chi connectivity index (χ0) is 15.5. The summed E-state index contributed by atoms with van der Waals surface area (Å²) in [6, 6.07) is 8.11. The second-order valence-corrected chi connectivity index (χ2v) is 7.03. The third-order valence-electron chi connectivity index (χ3n) is 3.16. The third kappa shape index (κ3) is 3.27. The van der Waals surface area contributed by atoms with Crippen LogP contribution >= 0.6 is 33.9 Å². The Bertz CT molecular complexity index is 817. The molecule has 0 aliphatic heterocycles. The number of rotatable bonds is 4. The molecule has 1 amide bonds. The van der Waals surface area contributed by atoms with Crippen molar-refractivity contribution in [1.29, 1.82) is 0 Å². The van der Waals surface area contributed by atoms with Crippen molar-refractivity contribution in [2.24, 2.45) is 0 Å². The lowest BCUT2D eigenvalue weighted by Gasteiger charge is -2.02. The number of pyridine rings is 1. The van der Waals surface area contributed by atoms with Crippen molar-refractivity contribution in [3.63, 3.8) is 0 Å². The molecule has 1 aromatic carbocycles. The standard InChI is InChI=1S/C16H14IN3OS/c1-2-4-14(21)20-16-19-13-8-11(7-12(17)15(13)22-16)10-5-3-6-18-9-10/h3,5-9H,2,4H2,1H3,(H,19,20,21). The molecule has 3 rings (SSSR count). The van der Waals surface area contributed by atoms with E-state index in [1.54, 1.807) is 6.20 Å². The number of anilines is 1. The van der Waals surface area contributed by atoms with E-state index in [4.69, 9.17) is 0 Å². The Kier molecular flexibility index (Phi) is 4.68. The molecule has 0 unspecified atom stereocenters. The quantitative estimate of drug-likeness (QED) is 0.619. The SMILES string of the molecule is CCCC(=O)Nc1nc2cc(-c3cccnc3)cc(I)c2s1. The summed E-state index contributed by atoms with van der Waals surface area (Å²) in [4.78, 5) is 20.4. The van der Waals surface area contributed by atoms with Crippen molar-refractivity contribution in [1.82, 2.24) is 9.97 Å². The van der Waals surface area contributed by atoms with E-state index >= 15 is 0 Å². The van der Waals surface area contributed by atoms with Crippen LogP contribution in [0.2, 0.25) is 0 Å². The van der Waals surface area contributed by atoms with Gasteiger partial charge < -0.3 is 5.32 Å². The van der Waals surface area contributed by atoms with E-state index in [1.165, 1.54) is 11.3 Å². The third-order valence-corrected chi connectivity index (χ3v) is 5.40. The highest BCUT2D eigenvalue weighted by atomic mass is 127. The van der Waals surface area contributed by atoms with Crippen molar-refractivity contribution in [3.05, 3.63) is 40.2 Å². The first-order valence-corrected chi connectivity index (χ1v) is 8.87. The summed E-state index contributed by atoms with van der Waals surface area (Å²) in [5, 5.41) is 3.53. The molecule has 0 bridgehead atoms. The zero-order valence-electron chi connectivity index (χ0n) is 12.0. The number of thiazole rings is 1. The van der Waals surface area contributed by atoms with Gasteiger partial charge >= 0.3 is 0 Å². The molecule has 3 aromatic rings. The molecule has 6 heteroatoms. The van der Waals surface area contributed by atoms with Crippen LogP contribution in [0.25, 0.3) is 21.3 Å². The molecule has 2 aromatic heterocycles. The van der Waals surface area contributed by atoms with Gasteiger partial charge in [0.05, 0.1) is 10.2 Å². The minimum atomic E-state index is 0.0176. The molecule has 0 atom stereocenters. The molecule has 4 nitrogen and oxygen atoms in total. The van der Waals surface area contributed by atoms with Crippen LogP contribution in [-0.4, -0.2) is 15.9 Å². The Morgan fingerprint density at radius 1 is 1.36 bits per heavy atom. The van der Waals surface area contributed by atoms with Gasteiger partial charge in [-0.1, -0.05) is 24.3 Å². The van der Waals surface area contributed by atoms with Gasteiger partial charge in [0.1, 0.15) is 0 Å². The number of hydrogen-bond acceptors (Lipinski definition) is 4. The van der Waals surface area contributed by atoms with Gasteiger partial charge in [0.15, 0.2) is 5.13 Å². The predicted octanol–water partition coefficient (Wildman–Crippen LogP) is 4.70. The number of nitrogens with zero attached hydrogens (tertiary/aromatic N) is 2. The van der Waals surface area contributed by atoms with Crippen molar-refractivity contribution in [2.75, 3.05) is 5.32 Å². The summed E-state index contributed by atoms with van der Waals surface area (Å²) in [5.41, 5.74) is 3.05. The molecule has 1 N–H and O–H groups in total. The van der Waals surface area contributed by atoms with E-state index in [-0.39, 0.29) is 5.91 Å². The van der Waals surface area contributed by atoms with E-state index < -0.39 is 0 Å². The number of nitrogens with one attached hydrogen (secondary N) is 1. The van der Waals surface area contributed by atoms with Crippen LogP contribution < -0.4 is 5.32 Å². The number of aromatic nitrogens is 2. The predicted molar refractivity (Wildman–Crippen MR) is 99.1 cm³/mol.